The van der Waals surface area contributed by atoms with Crippen LogP contribution in [0.1, 0.15) is 23.6 Å². The summed E-state index contributed by atoms with van der Waals surface area (Å²) < 4.78 is 4.64. The van der Waals surface area contributed by atoms with E-state index in [1.54, 1.807) is 6.92 Å². The fourth-order valence-corrected chi connectivity index (χ4v) is 1.74. The van der Waals surface area contributed by atoms with Gasteiger partial charge in [0.2, 0.25) is 0 Å². The summed E-state index contributed by atoms with van der Waals surface area (Å²) in [6, 6.07) is 3.66. The molecule has 1 rings (SSSR count). The minimum Gasteiger partial charge on any atom is -0.462 e. The predicted molar refractivity (Wildman–Crippen MR) is 74.2 cm³/mol. The Labute approximate surface area is 116 Å². The van der Waals surface area contributed by atoms with Crippen LogP contribution in [0.5, 0.6) is 0 Å². The Morgan fingerprint density at radius 1 is 1.37 bits per heavy atom. The summed E-state index contributed by atoms with van der Waals surface area (Å²) in [7, 11) is 0. The lowest BCUT2D eigenvalue weighted by atomic mass is 10.3. The van der Waals surface area contributed by atoms with Crippen molar-refractivity contribution in [3.8, 4) is 35.5 Å². The molecule has 96 valence electrons. The molecule has 0 fully saturated rings. The molecule has 1 N–H and O–H groups in total. The Bertz CT molecular complexity index is 623. The zero-order valence-corrected chi connectivity index (χ0v) is 11.4. The lowest BCUT2D eigenvalue weighted by Crippen LogP contribution is -2.14. The van der Waals surface area contributed by atoms with E-state index in [2.05, 4.69) is 40.3 Å². The minimum atomic E-state index is -0.980. The maximum Gasteiger partial charge on any atom is 0.302 e. The van der Waals surface area contributed by atoms with Crippen LogP contribution in [-0.4, -0.2) is 23.8 Å². The van der Waals surface area contributed by atoms with Gasteiger partial charge in [-0.1, -0.05) is 17.8 Å². The lowest BCUT2D eigenvalue weighted by Gasteiger charge is -2.02. The predicted octanol–water partition coefficient (Wildman–Crippen LogP) is 1.40. The molecule has 4 heteroatoms. The van der Waals surface area contributed by atoms with Gasteiger partial charge in [-0.3, -0.25) is 4.79 Å². The van der Waals surface area contributed by atoms with Gasteiger partial charge in [0.05, 0.1) is 9.75 Å². The largest absolute Gasteiger partial charge is 0.462 e. The van der Waals surface area contributed by atoms with E-state index in [9.17, 15) is 9.90 Å². The number of rotatable bonds is 2. The van der Waals surface area contributed by atoms with E-state index in [-0.39, 0.29) is 6.61 Å². The van der Waals surface area contributed by atoms with Crippen molar-refractivity contribution in [2.45, 2.75) is 20.0 Å². The minimum absolute atomic E-state index is 0.119. The number of ether oxygens (including phenoxy) is 1. The molecular weight excluding hydrogens is 260 g/mol. The molecular formula is C15H12O3S. The first-order chi connectivity index (χ1) is 9.11. The highest BCUT2D eigenvalue weighted by Gasteiger charge is 2.01. The molecule has 19 heavy (non-hydrogen) atoms. The van der Waals surface area contributed by atoms with Crippen LogP contribution in [-0.2, 0) is 9.53 Å². The average molecular weight is 272 g/mol. The average Bonchev–Trinajstić information content (AvgIpc) is 2.82. The third kappa shape index (κ3) is 6.34. The van der Waals surface area contributed by atoms with Crippen molar-refractivity contribution in [1.29, 1.82) is 0 Å². The zero-order chi connectivity index (χ0) is 14.1. The molecule has 0 aliphatic heterocycles. The second-order valence-electron chi connectivity index (χ2n) is 3.38. The van der Waals surface area contributed by atoms with E-state index in [1.807, 2.05) is 12.1 Å². The Morgan fingerprint density at radius 2 is 2.05 bits per heavy atom. The highest BCUT2D eigenvalue weighted by atomic mass is 32.1. The molecule has 0 aliphatic rings. The molecule has 3 nitrogen and oxygen atoms in total. The van der Waals surface area contributed by atoms with Crippen LogP contribution < -0.4 is 0 Å². The van der Waals surface area contributed by atoms with Gasteiger partial charge in [0.15, 0.2) is 0 Å². The smallest absolute Gasteiger partial charge is 0.302 e. The number of hydrogen-bond acceptors (Lipinski definition) is 4. The highest BCUT2D eigenvalue weighted by molar-refractivity contribution is 7.13. The fraction of sp³-hybridized carbons (Fsp3) is 0.267. The highest BCUT2D eigenvalue weighted by Crippen LogP contribution is 2.13. The van der Waals surface area contributed by atoms with E-state index < -0.39 is 12.1 Å². The summed E-state index contributed by atoms with van der Waals surface area (Å²) in [6.07, 6.45) is -0.980. The first-order valence-electron chi connectivity index (χ1n) is 5.47. The number of carbonyl (C=O) groups excluding carboxylic acids is 1. The number of esters is 1. The SMILES string of the molecule is CC#CC#Cc1ccc(C#C[C@H](O)COC(C)=O)s1. The number of carbonyl (C=O) groups is 1. The van der Waals surface area contributed by atoms with Crippen LogP contribution in [0.15, 0.2) is 12.1 Å². The van der Waals surface area contributed by atoms with Gasteiger partial charge >= 0.3 is 5.97 Å². The van der Waals surface area contributed by atoms with Gasteiger partial charge in [0.25, 0.3) is 0 Å². The standard InChI is InChI=1S/C15H12O3S/c1-3-4-5-6-14-9-10-15(19-14)8-7-13(17)11-18-12(2)16/h9-10,13,17H,11H2,1-2H3/t13-/m0/s1. The van der Waals surface area contributed by atoms with Gasteiger partial charge in [0, 0.05) is 6.92 Å². The number of aliphatic hydroxyl groups excluding tert-OH is 1. The molecule has 1 aromatic heterocycles. The van der Waals surface area contributed by atoms with Crippen LogP contribution >= 0.6 is 11.3 Å². The second-order valence-corrected chi connectivity index (χ2v) is 4.46. The summed E-state index contributed by atoms with van der Waals surface area (Å²) in [6.45, 7) is 2.89. The van der Waals surface area contributed by atoms with E-state index in [0.717, 1.165) is 9.75 Å². The van der Waals surface area contributed by atoms with Crippen LogP contribution in [0.3, 0.4) is 0 Å². The third-order valence-corrected chi connectivity index (χ3v) is 2.70. The Morgan fingerprint density at radius 3 is 2.68 bits per heavy atom. The molecule has 0 bridgehead atoms. The second kappa shape index (κ2) is 8.01. The topological polar surface area (TPSA) is 46.5 Å². The van der Waals surface area contributed by atoms with Crippen LogP contribution in [0, 0.1) is 35.5 Å². The fourth-order valence-electron chi connectivity index (χ4n) is 1.02. The van der Waals surface area contributed by atoms with E-state index in [0.29, 0.717) is 0 Å². The Kier molecular flexibility index (Phi) is 6.27. The molecule has 1 heterocycles. The normalized spacial score (nSPS) is 9.84. The summed E-state index contributed by atoms with van der Waals surface area (Å²) in [5.41, 5.74) is 0. The molecule has 0 saturated carbocycles. The molecule has 0 amide bonds. The molecule has 0 spiro atoms. The maximum atomic E-state index is 10.5. The number of thiophene rings is 1. The maximum absolute atomic E-state index is 10.5. The molecule has 0 radical (unpaired) electrons. The summed E-state index contributed by atoms with van der Waals surface area (Å²) in [4.78, 5) is 12.2. The van der Waals surface area contributed by atoms with Crippen molar-refractivity contribution < 1.29 is 14.6 Å². The zero-order valence-electron chi connectivity index (χ0n) is 10.6. The van der Waals surface area contributed by atoms with E-state index >= 15 is 0 Å². The van der Waals surface area contributed by atoms with Gasteiger partial charge in [0.1, 0.15) is 12.7 Å². The Hall–Kier alpha value is -2.19. The number of aliphatic hydroxyl groups is 1. The molecule has 0 unspecified atom stereocenters. The van der Waals surface area contributed by atoms with E-state index in [1.165, 1.54) is 18.3 Å². The molecule has 0 saturated heterocycles. The summed E-state index contributed by atoms with van der Waals surface area (Å²) in [5.74, 6) is 15.9. The van der Waals surface area contributed by atoms with Crippen molar-refractivity contribution in [1.82, 2.24) is 0 Å². The summed E-state index contributed by atoms with van der Waals surface area (Å²) >= 11 is 1.42. The first kappa shape index (κ1) is 14.9. The van der Waals surface area contributed by atoms with Gasteiger partial charge in [-0.2, -0.15) is 0 Å². The van der Waals surface area contributed by atoms with Crippen molar-refractivity contribution in [3.05, 3.63) is 21.9 Å². The Balaban J connectivity index is 2.61. The molecule has 0 aromatic carbocycles. The monoisotopic (exact) mass is 272 g/mol. The molecule has 1 atom stereocenters. The van der Waals surface area contributed by atoms with Crippen LogP contribution in [0.2, 0.25) is 0 Å². The molecule has 0 aliphatic carbocycles. The molecule has 1 aromatic rings. The van der Waals surface area contributed by atoms with Gasteiger partial charge < -0.3 is 9.84 Å². The van der Waals surface area contributed by atoms with Gasteiger partial charge in [-0.25, -0.2) is 0 Å². The first-order valence-corrected chi connectivity index (χ1v) is 6.29. The van der Waals surface area contributed by atoms with Gasteiger partial charge in [-0.05, 0) is 36.8 Å². The lowest BCUT2D eigenvalue weighted by molar-refractivity contribution is -0.142. The van der Waals surface area contributed by atoms with Crippen LogP contribution in [0.25, 0.3) is 0 Å². The van der Waals surface area contributed by atoms with Crippen LogP contribution in [0.4, 0.5) is 0 Å². The van der Waals surface area contributed by atoms with Crippen molar-refractivity contribution in [2.75, 3.05) is 6.61 Å². The van der Waals surface area contributed by atoms with Crippen molar-refractivity contribution >= 4 is 17.3 Å². The third-order valence-electron chi connectivity index (χ3n) is 1.79. The number of hydrogen-bond donors (Lipinski definition) is 1. The quantitative estimate of drug-likeness (QED) is 0.654. The van der Waals surface area contributed by atoms with Crippen molar-refractivity contribution in [3.63, 3.8) is 0 Å². The summed E-state index contributed by atoms with van der Waals surface area (Å²) in [5, 5.41) is 9.45. The van der Waals surface area contributed by atoms with E-state index in [4.69, 9.17) is 0 Å². The van der Waals surface area contributed by atoms with Gasteiger partial charge in [-0.15, -0.1) is 11.3 Å². The van der Waals surface area contributed by atoms with Crippen molar-refractivity contribution in [2.24, 2.45) is 0 Å².